The van der Waals surface area contributed by atoms with E-state index >= 15 is 0 Å². The van der Waals surface area contributed by atoms with Crippen molar-refractivity contribution in [3.05, 3.63) is 59.9 Å². The number of hydrogen-bond acceptors (Lipinski definition) is 4. The van der Waals surface area contributed by atoms with E-state index in [-0.39, 0.29) is 18.1 Å². The Morgan fingerprint density at radius 3 is 2.58 bits per heavy atom. The van der Waals surface area contributed by atoms with Crippen molar-refractivity contribution in [1.82, 2.24) is 4.90 Å². The molecule has 1 unspecified atom stereocenters. The largest absolute Gasteiger partial charge is 0.491 e. The van der Waals surface area contributed by atoms with Gasteiger partial charge in [0.2, 0.25) is 0 Å². The lowest BCUT2D eigenvalue weighted by atomic mass is 10.2. The molecule has 2 N–H and O–H groups in total. The number of nitrogens with one attached hydrogen (secondary N) is 1. The topological polar surface area (TPSA) is 61.8 Å². The fraction of sp³-hybridized carbons (Fsp3) is 0.278. The zero-order valence-corrected chi connectivity index (χ0v) is 13.7. The van der Waals surface area contributed by atoms with E-state index in [2.05, 4.69) is 5.32 Å². The minimum Gasteiger partial charge on any atom is -0.491 e. The van der Waals surface area contributed by atoms with Crippen LogP contribution in [0.3, 0.4) is 0 Å². The van der Waals surface area contributed by atoms with Gasteiger partial charge in [-0.25, -0.2) is 4.39 Å². The second-order valence-corrected chi connectivity index (χ2v) is 5.72. The smallest absolute Gasteiger partial charge is 0.255 e. The van der Waals surface area contributed by atoms with Crippen LogP contribution in [0.15, 0.2) is 48.5 Å². The van der Waals surface area contributed by atoms with Gasteiger partial charge in [0.15, 0.2) is 0 Å². The Bertz CT molecular complexity index is 674. The van der Waals surface area contributed by atoms with E-state index in [1.165, 1.54) is 18.2 Å². The third-order valence-electron chi connectivity index (χ3n) is 3.22. The van der Waals surface area contributed by atoms with Gasteiger partial charge in [0.1, 0.15) is 24.3 Å². The first-order valence-electron chi connectivity index (χ1n) is 7.56. The maximum Gasteiger partial charge on any atom is 0.255 e. The molecule has 0 aliphatic rings. The Hall–Kier alpha value is -2.44. The Morgan fingerprint density at radius 2 is 1.96 bits per heavy atom. The number of ether oxygens (including phenoxy) is 1. The number of aliphatic hydroxyl groups excluding tert-OH is 1. The molecule has 1 amide bonds. The normalized spacial score (nSPS) is 12.0. The number of anilines is 1. The van der Waals surface area contributed by atoms with Gasteiger partial charge >= 0.3 is 0 Å². The van der Waals surface area contributed by atoms with Crippen LogP contribution in [0, 0.1) is 5.82 Å². The molecule has 0 fully saturated rings. The van der Waals surface area contributed by atoms with E-state index in [4.69, 9.17) is 4.74 Å². The first kappa shape index (κ1) is 17.9. The molecule has 0 spiro atoms. The second-order valence-electron chi connectivity index (χ2n) is 5.72. The van der Waals surface area contributed by atoms with E-state index < -0.39 is 11.9 Å². The average molecular weight is 332 g/mol. The van der Waals surface area contributed by atoms with Crippen LogP contribution in [0.1, 0.15) is 10.4 Å². The van der Waals surface area contributed by atoms with Crippen molar-refractivity contribution in [1.29, 1.82) is 0 Å². The van der Waals surface area contributed by atoms with Crippen molar-refractivity contribution in [2.45, 2.75) is 6.10 Å². The summed E-state index contributed by atoms with van der Waals surface area (Å²) in [4.78, 5) is 13.9. The molecule has 2 rings (SSSR count). The zero-order valence-electron chi connectivity index (χ0n) is 13.7. The molecule has 128 valence electrons. The number of amides is 1. The van der Waals surface area contributed by atoms with Gasteiger partial charge < -0.3 is 20.1 Å². The lowest BCUT2D eigenvalue weighted by Gasteiger charge is -2.16. The van der Waals surface area contributed by atoms with Crippen molar-refractivity contribution in [2.75, 3.05) is 32.6 Å². The molecule has 24 heavy (non-hydrogen) atoms. The van der Waals surface area contributed by atoms with Gasteiger partial charge in [0, 0.05) is 17.8 Å². The molecule has 0 bridgehead atoms. The fourth-order valence-electron chi connectivity index (χ4n) is 2.13. The number of carbonyl (C=O) groups is 1. The number of halogens is 1. The number of hydrogen-bond donors (Lipinski definition) is 2. The first-order valence-corrected chi connectivity index (χ1v) is 7.56. The van der Waals surface area contributed by atoms with Crippen LogP contribution in [-0.2, 0) is 0 Å². The van der Waals surface area contributed by atoms with Crippen LogP contribution in [0.25, 0.3) is 0 Å². The maximum atomic E-state index is 13.1. The Labute approximate surface area is 140 Å². The van der Waals surface area contributed by atoms with Gasteiger partial charge in [-0.1, -0.05) is 6.07 Å². The Morgan fingerprint density at radius 1 is 1.25 bits per heavy atom. The molecule has 0 aliphatic carbocycles. The molecule has 1 atom stereocenters. The summed E-state index contributed by atoms with van der Waals surface area (Å²) in [6.45, 7) is 0.703. The van der Waals surface area contributed by atoms with Crippen molar-refractivity contribution < 1.29 is 19.0 Å². The summed E-state index contributed by atoms with van der Waals surface area (Å²) in [5.74, 6) is -0.246. The number of rotatable bonds is 7. The monoisotopic (exact) mass is 332 g/mol. The minimum absolute atomic E-state index is 0.188. The molecule has 0 saturated heterocycles. The number of likely N-dealkylation sites (N-methyl/N-ethyl adjacent to an activating group) is 1. The summed E-state index contributed by atoms with van der Waals surface area (Å²) in [6, 6.07) is 12.3. The summed E-state index contributed by atoms with van der Waals surface area (Å²) < 4.78 is 18.6. The summed E-state index contributed by atoms with van der Waals surface area (Å²) in [5.41, 5.74) is 0.826. The van der Waals surface area contributed by atoms with Crippen LogP contribution < -0.4 is 10.1 Å². The highest BCUT2D eigenvalue weighted by molar-refractivity contribution is 6.04. The van der Waals surface area contributed by atoms with Crippen LogP contribution in [0.4, 0.5) is 10.1 Å². The molecular weight excluding hydrogens is 311 g/mol. The van der Waals surface area contributed by atoms with Crippen LogP contribution in [-0.4, -0.2) is 49.3 Å². The molecule has 2 aromatic rings. The number of aliphatic hydroxyl groups is 1. The van der Waals surface area contributed by atoms with Crippen molar-refractivity contribution in [2.24, 2.45) is 0 Å². The highest BCUT2D eigenvalue weighted by Crippen LogP contribution is 2.17. The summed E-state index contributed by atoms with van der Waals surface area (Å²) >= 11 is 0. The van der Waals surface area contributed by atoms with Crippen LogP contribution >= 0.6 is 0 Å². The molecule has 0 saturated carbocycles. The third kappa shape index (κ3) is 5.64. The Balaban J connectivity index is 1.89. The number of benzene rings is 2. The van der Waals surface area contributed by atoms with Crippen molar-refractivity contribution in [3.63, 3.8) is 0 Å². The van der Waals surface area contributed by atoms with Crippen molar-refractivity contribution in [3.8, 4) is 5.75 Å². The van der Waals surface area contributed by atoms with Crippen LogP contribution in [0.5, 0.6) is 5.75 Å². The lowest BCUT2D eigenvalue weighted by molar-refractivity contribution is 0.0831. The molecule has 0 radical (unpaired) electrons. The quantitative estimate of drug-likeness (QED) is 0.817. The number of nitrogens with zero attached hydrogens (tertiary/aromatic N) is 1. The van der Waals surface area contributed by atoms with Gasteiger partial charge in [-0.15, -0.1) is 0 Å². The fourth-order valence-corrected chi connectivity index (χ4v) is 2.13. The molecule has 5 nitrogen and oxygen atoms in total. The lowest BCUT2D eigenvalue weighted by Crippen LogP contribution is -2.30. The molecule has 0 heterocycles. The average Bonchev–Trinajstić information content (AvgIpc) is 2.53. The predicted octanol–water partition coefficient (Wildman–Crippen LogP) is 2.38. The second kappa shape index (κ2) is 8.42. The minimum atomic E-state index is -0.577. The van der Waals surface area contributed by atoms with E-state index in [0.29, 0.717) is 18.0 Å². The standard InChI is InChI=1S/C18H21FN2O3/c1-21(2)11-16(22)12-24-17-8-6-15(7-9-17)20-18(23)13-4-3-5-14(19)10-13/h3-10,16,22H,11-12H2,1-2H3,(H,20,23). The highest BCUT2D eigenvalue weighted by atomic mass is 19.1. The Kier molecular flexibility index (Phi) is 6.28. The van der Waals surface area contributed by atoms with Crippen molar-refractivity contribution >= 4 is 11.6 Å². The van der Waals surface area contributed by atoms with Gasteiger partial charge in [0.05, 0.1) is 0 Å². The molecule has 0 aromatic heterocycles. The van der Waals surface area contributed by atoms with Gasteiger partial charge in [0.25, 0.3) is 5.91 Å². The van der Waals surface area contributed by atoms with Crippen LogP contribution in [0.2, 0.25) is 0 Å². The molecule has 0 aliphatic heterocycles. The van der Waals surface area contributed by atoms with Gasteiger partial charge in [-0.3, -0.25) is 4.79 Å². The maximum absolute atomic E-state index is 13.1. The summed E-state index contributed by atoms with van der Waals surface area (Å²) in [5, 5.41) is 12.4. The van der Waals surface area contributed by atoms with Gasteiger partial charge in [-0.2, -0.15) is 0 Å². The van der Waals surface area contributed by atoms with E-state index in [9.17, 15) is 14.3 Å². The molecule has 6 heteroatoms. The number of carbonyl (C=O) groups excluding carboxylic acids is 1. The SMILES string of the molecule is CN(C)CC(O)COc1ccc(NC(=O)c2cccc(F)c2)cc1. The van der Waals surface area contributed by atoms with Gasteiger partial charge in [-0.05, 0) is 56.6 Å². The summed E-state index contributed by atoms with van der Waals surface area (Å²) in [6.07, 6.45) is -0.577. The van der Waals surface area contributed by atoms with E-state index in [1.54, 1.807) is 30.3 Å². The summed E-state index contributed by atoms with van der Waals surface area (Å²) in [7, 11) is 3.75. The zero-order chi connectivity index (χ0) is 17.5. The van der Waals surface area contributed by atoms with E-state index in [1.807, 2.05) is 19.0 Å². The van der Waals surface area contributed by atoms with E-state index in [0.717, 1.165) is 0 Å². The third-order valence-corrected chi connectivity index (χ3v) is 3.22. The predicted molar refractivity (Wildman–Crippen MR) is 90.9 cm³/mol. The highest BCUT2D eigenvalue weighted by Gasteiger charge is 2.08. The molecular formula is C18H21FN2O3. The molecule has 2 aromatic carbocycles. The first-order chi connectivity index (χ1) is 11.4.